The number of carboxylic acids is 1. The number of carboxylic acid groups (broad SMARTS) is 1. The van der Waals surface area contributed by atoms with Gasteiger partial charge in [-0.05, 0) is 17.7 Å². The third kappa shape index (κ3) is 6.54. The topological polar surface area (TPSA) is 66.4 Å². The standard InChI is InChI=1S/C13H17NO3S2/c15-12(14-11(6-7-18)13(16)17)9-19-8-10-4-2-1-3-5-10/h1-5,11,18H,6-9H2,(H,14,15)(H,16,17). The maximum Gasteiger partial charge on any atom is 0.326 e. The Balaban J connectivity index is 2.29. The Hall–Kier alpha value is -1.14. The Morgan fingerprint density at radius 1 is 1.32 bits per heavy atom. The Morgan fingerprint density at radius 3 is 2.58 bits per heavy atom. The van der Waals surface area contributed by atoms with E-state index in [9.17, 15) is 9.59 Å². The minimum Gasteiger partial charge on any atom is -0.480 e. The van der Waals surface area contributed by atoms with E-state index in [1.807, 2.05) is 30.3 Å². The number of aliphatic carboxylic acids is 1. The fourth-order valence-electron chi connectivity index (χ4n) is 1.46. The second kappa shape index (κ2) is 8.87. The van der Waals surface area contributed by atoms with E-state index in [1.54, 1.807) is 0 Å². The second-order valence-electron chi connectivity index (χ2n) is 3.95. The smallest absolute Gasteiger partial charge is 0.326 e. The molecule has 0 aromatic heterocycles. The number of amides is 1. The van der Waals surface area contributed by atoms with Crippen LogP contribution in [0.5, 0.6) is 0 Å². The number of hydrogen-bond donors (Lipinski definition) is 3. The van der Waals surface area contributed by atoms with Gasteiger partial charge in [0.15, 0.2) is 0 Å². The van der Waals surface area contributed by atoms with E-state index in [4.69, 9.17) is 5.11 Å². The Labute approximate surface area is 122 Å². The molecule has 2 N–H and O–H groups in total. The van der Waals surface area contributed by atoms with Gasteiger partial charge in [0.2, 0.25) is 5.91 Å². The first kappa shape index (κ1) is 15.9. The minimum absolute atomic E-state index is 0.255. The molecule has 0 aliphatic rings. The zero-order valence-electron chi connectivity index (χ0n) is 10.4. The lowest BCUT2D eigenvalue weighted by Gasteiger charge is -2.13. The van der Waals surface area contributed by atoms with Crippen molar-refractivity contribution in [3.8, 4) is 0 Å². The molecule has 0 heterocycles. The fourth-order valence-corrected chi connectivity index (χ4v) is 2.52. The van der Waals surface area contributed by atoms with Gasteiger partial charge in [0.25, 0.3) is 0 Å². The van der Waals surface area contributed by atoms with Crippen LogP contribution in [0.3, 0.4) is 0 Å². The summed E-state index contributed by atoms with van der Waals surface area (Å²) in [5, 5.41) is 11.4. The highest BCUT2D eigenvalue weighted by Gasteiger charge is 2.18. The molecule has 1 atom stereocenters. The van der Waals surface area contributed by atoms with E-state index in [0.29, 0.717) is 12.2 Å². The second-order valence-corrected chi connectivity index (χ2v) is 5.38. The Bertz CT molecular complexity index is 412. The molecule has 0 fully saturated rings. The van der Waals surface area contributed by atoms with E-state index in [2.05, 4.69) is 17.9 Å². The number of benzene rings is 1. The van der Waals surface area contributed by atoms with Gasteiger partial charge in [-0.1, -0.05) is 30.3 Å². The zero-order chi connectivity index (χ0) is 14.1. The molecule has 0 bridgehead atoms. The van der Waals surface area contributed by atoms with Gasteiger partial charge >= 0.3 is 5.97 Å². The van der Waals surface area contributed by atoms with E-state index in [-0.39, 0.29) is 11.7 Å². The van der Waals surface area contributed by atoms with Crippen molar-refractivity contribution >= 4 is 36.3 Å². The van der Waals surface area contributed by atoms with Crippen LogP contribution in [0.4, 0.5) is 0 Å². The van der Waals surface area contributed by atoms with Crippen LogP contribution in [0.2, 0.25) is 0 Å². The quantitative estimate of drug-likeness (QED) is 0.641. The fraction of sp³-hybridized carbons (Fsp3) is 0.385. The van der Waals surface area contributed by atoms with Crippen molar-refractivity contribution < 1.29 is 14.7 Å². The normalized spacial score (nSPS) is 11.8. The maximum atomic E-state index is 11.6. The molecule has 0 aliphatic heterocycles. The number of rotatable bonds is 8. The summed E-state index contributed by atoms with van der Waals surface area (Å²) in [6.07, 6.45) is 0.327. The summed E-state index contributed by atoms with van der Waals surface area (Å²) in [4.78, 5) is 22.5. The summed E-state index contributed by atoms with van der Waals surface area (Å²) < 4.78 is 0. The van der Waals surface area contributed by atoms with Crippen LogP contribution in [0, 0.1) is 0 Å². The number of hydrogen-bond acceptors (Lipinski definition) is 4. The average Bonchev–Trinajstić information content (AvgIpc) is 2.39. The van der Waals surface area contributed by atoms with Crippen LogP contribution in [0.25, 0.3) is 0 Å². The van der Waals surface area contributed by atoms with Crippen molar-refractivity contribution in [1.29, 1.82) is 0 Å². The van der Waals surface area contributed by atoms with E-state index in [1.165, 1.54) is 11.8 Å². The molecule has 1 unspecified atom stereocenters. The van der Waals surface area contributed by atoms with Gasteiger partial charge in [-0.25, -0.2) is 4.79 Å². The van der Waals surface area contributed by atoms with Gasteiger partial charge in [-0.15, -0.1) is 11.8 Å². The molecule has 0 spiro atoms. The van der Waals surface area contributed by atoms with Crippen molar-refractivity contribution in [1.82, 2.24) is 5.32 Å². The molecule has 0 saturated carbocycles. The highest BCUT2D eigenvalue weighted by molar-refractivity contribution is 7.99. The third-order valence-electron chi connectivity index (χ3n) is 2.40. The molecule has 19 heavy (non-hydrogen) atoms. The Kier molecular flexibility index (Phi) is 7.43. The first-order valence-electron chi connectivity index (χ1n) is 5.88. The third-order valence-corrected chi connectivity index (χ3v) is 3.66. The van der Waals surface area contributed by atoms with Crippen LogP contribution in [0.1, 0.15) is 12.0 Å². The van der Waals surface area contributed by atoms with E-state index < -0.39 is 12.0 Å². The monoisotopic (exact) mass is 299 g/mol. The highest BCUT2D eigenvalue weighted by atomic mass is 32.2. The van der Waals surface area contributed by atoms with Gasteiger partial charge in [0.05, 0.1) is 5.75 Å². The average molecular weight is 299 g/mol. The lowest BCUT2D eigenvalue weighted by atomic mass is 10.2. The zero-order valence-corrected chi connectivity index (χ0v) is 12.1. The molecule has 0 radical (unpaired) electrons. The SMILES string of the molecule is O=C(CSCc1ccccc1)NC(CCS)C(=O)O. The number of carbonyl (C=O) groups excluding carboxylic acids is 1. The maximum absolute atomic E-state index is 11.6. The molecule has 4 nitrogen and oxygen atoms in total. The van der Waals surface area contributed by atoms with Crippen LogP contribution >= 0.6 is 24.4 Å². The van der Waals surface area contributed by atoms with Gasteiger partial charge < -0.3 is 10.4 Å². The molecule has 104 valence electrons. The van der Waals surface area contributed by atoms with Crippen molar-refractivity contribution in [2.24, 2.45) is 0 Å². The van der Waals surface area contributed by atoms with Crippen molar-refractivity contribution in [3.05, 3.63) is 35.9 Å². The highest BCUT2D eigenvalue weighted by Crippen LogP contribution is 2.11. The lowest BCUT2D eigenvalue weighted by Crippen LogP contribution is -2.41. The molecule has 1 aromatic rings. The van der Waals surface area contributed by atoms with Crippen LogP contribution in [0.15, 0.2) is 30.3 Å². The summed E-state index contributed by atoms with van der Waals surface area (Å²) in [7, 11) is 0. The van der Waals surface area contributed by atoms with Crippen molar-refractivity contribution in [2.75, 3.05) is 11.5 Å². The molecule has 1 rings (SSSR count). The predicted octanol–water partition coefficient (Wildman–Crippen LogP) is 1.81. The van der Waals surface area contributed by atoms with Crippen LogP contribution < -0.4 is 5.32 Å². The predicted molar refractivity (Wildman–Crippen MR) is 80.6 cm³/mol. The molecule has 0 aliphatic carbocycles. The summed E-state index contributed by atoms with van der Waals surface area (Å²) in [6, 6.07) is 8.97. The number of thioether (sulfide) groups is 1. The van der Waals surface area contributed by atoms with Gasteiger partial charge in [-0.2, -0.15) is 12.6 Å². The van der Waals surface area contributed by atoms with E-state index in [0.717, 1.165) is 11.3 Å². The van der Waals surface area contributed by atoms with Gasteiger partial charge in [-0.3, -0.25) is 4.79 Å². The largest absolute Gasteiger partial charge is 0.480 e. The summed E-state index contributed by atoms with van der Waals surface area (Å²) in [5.74, 6) is 0.142. The number of nitrogens with one attached hydrogen (secondary N) is 1. The first-order chi connectivity index (χ1) is 9.13. The van der Waals surface area contributed by atoms with Crippen LogP contribution in [-0.4, -0.2) is 34.5 Å². The molecule has 6 heteroatoms. The van der Waals surface area contributed by atoms with Crippen molar-refractivity contribution in [2.45, 2.75) is 18.2 Å². The molecule has 0 saturated heterocycles. The van der Waals surface area contributed by atoms with Crippen molar-refractivity contribution in [3.63, 3.8) is 0 Å². The number of thiol groups is 1. The van der Waals surface area contributed by atoms with Gasteiger partial charge in [0.1, 0.15) is 6.04 Å². The minimum atomic E-state index is -1.02. The lowest BCUT2D eigenvalue weighted by molar-refractivity contribution is -0.141. The first-order valence-corrected chi connectivity index (χ1v) is 7.67. The summed E-state index contributed by atoms with van der Waals surface area (Å²) >= 11 is 5.44. The summed E-state index contributed by atoms with van der Waals surface area (Å²) in [6.45, 7) is 0. The Morgan fingerprint density at radius 2 is 2.00 bits per heavy atom. The number of carbonyl (C=O) groups is 2. The summed E-state index contributed by atoms with van der Waals surface area (Å²) in [5.41, 5.74) is 1.14. The van der Waals surface area contributed by atoms with Crippen LogP contribution in [-0.2, 0) is 15.3 Å². The van der Waals surface area contributed by atoms with E-state index >= 15 is 0 Å². The van der Waals surface area contributed by atoms with Gasteiger partial charge in [0, 0.05) is 5.75 Å². The molecule has 1 aromatic carbocycles. The molecule has 1 amide bonds. The molecular weight excluding hydrogens is 282 g/mol. The molecular formula is C13H17NO3S2.